The van der Waals surface area contributed by atoms with Gasteiger partial charge in [-0.3, -0.25) is 4.90 Å². The zero-order valence-corrected chi connectivity index (χ0v) is 10.4. The molecule has 2 rings (SSSR count). The number of hydrogen-bond acceptors (Lipinski definition) is 2. The van der Waals surface area contributed by atoms with Gasteiger partial charge in [0, 0.05) is 25.0 Å². The van der Waals surface area contributed by atoms with E-state index in [0.29, 0.717) is 0 Å². The minimum absolute atomic E-state index is 0.874. The summed E-state index contributed by atoms with van der Waals surface area (Å²) in [4.78, 5) is 2.44. The van der Waals surface area contributed by atoms with E-state index >= 15 is 0 Å². The van der Waals surface area contributed by atoms with Crippen LogP contribution in [0.2, 0.25) is 0 Å². The third-order valence-electron chi connectivity index (χ3n) is 2.69. The number of alkyl halides is 1. The smallest absolute Gasteiger partial charge is 0.0594 e. The molecule has 2 nitrogen and oxygen atoms in total. The summed E-state index contributed by atoms with van der Waals surface area (Å²) in [5.41, 5.74) is 2.72. The highest BCUT2D eigenvalue weighted by Crippen LogP contribution is 2.10. The molecular weight excluding hydrogens is 254 g/mol. The van der Waals surface area contributed by atoms with Crippen LogP contribution < -0.4 is 0 Å². The Labute approximate surface area is 99.4 Å². The number of halogens is 1. The Balaban J connectivity index is 1.91. The normalized spacial score (nSPS) is 17.9. The summed E-state index contributed by atoms with van der Waals surface area (Å²) < 4.78 is 5.33. The van der Waals surface area contributed by atoms with Gasteiger partial charge in [-0.25, -0.2) is 0 Å². The van der Waals surface area contributed by atoms with Crippen LogP contribution in [0.5, 0.6) is 0 Å². The first-order chi connectivity index (χ1) is 7.38. The summed E-state index contributed by atoms with van der Waals surface area (Å²) in [5.74, 6) is 0. The lowest BCUT2D eigenvalue weighted by atomic mass is 10.1. The van der Waals surface area contributed by atoms with Crippen LogP contribution in [0.1, 0.15) is 11.1 Å². The second kappa shape index (κ2) is 5.64. The SMILES string of the molecule is BrCc1ccc(CN2CCOCC2)cc1. The van der Waals surface area contributed by atoms with Crippen LogP contribution in [-0.4, -0.2) is 31.2 Å². The number of nitrogens with zero attached hydrogens (tertiary/aromatic N) is 1. The molecule has 0 atom stereocenters. The third kappa shape index (κ3) is 3.30. The largest absolute Gasteiger partial charge is 0.379 e. The second-order valence-electron chi connectivity index (χ2n) is 3.84. The molecule has 3 heteroatoms. The van der Waals surface area contributed by atoms with Gasteiger partial charge in [-0.2, -0.15) is 0 Å². The van der Waals surface area contributed by atoms with Gasteiger partial charge in [-0.05, 0) is 11.1 Å². The zero-order valence-electron chi connectivity index (χ0n) is 8.79. The van der Waals surface area contributed by atoms with Crippen molar-refractivity contribution < 1.29 is 4.74 Å². The maximum atomic E-state index is 5.33. The second-order valence-corrected chi connectivity index (χ2v) is 4.40. The van der Waals surface area contributed by atoms with Crippen molar-refractivity contribution in [3.63, 3.8) is 0 Å². The van der Waals surface area contributed by atoms with E-state index in [1.165, 1.54) is 11.1 Å². The molecule has 0 amide bonds. The van der Waals surface area contributed by atoms with E-state index < -0.39 is 0 Å². The molecule has 0 spiro atoms. The van der Waals surface area contributed by atoms with Crippen molar-refractivity contribution in [3.05, 3.63) is 35.4 Å². The first-order valence-corrected chi connectivity index (χ1v) is 6.44. The van der Waals surface area contributed by atoms with Gasteiger partial charge >= 0.3 is 0 Å². The van der Waals surface area contributed by atoms with Crippen molar-refractivity contribution in [1.29, 1.82) is 0 Å². The lowest BCUT2D eigenvalue weighted by Gasteiger charge is -2.26. The van der Waals surface area contributed by atoms with Gasteiger partial charge in [-0.15, -0.1) is 0 Å². The summed E-state index contributed by atoms with van der Waals surface area (Å²) in [7, 11) is 0. The molecule has 1 saturated heterocycles. The van der Waals surface area contributed by atoms with Crippen molar-refractivity contribution in [2.75, 3.05) is 26.3 Å². The molecule has 0 bridgehead atoms. The molecule has 1 aromatic rings. The highest BCUT2D eigenvalue weighted by molar-refractivity contribution is 9.08. The van der Waals surface area contributed by atoms with E-state index in [4.69, 9.17) is 4.74 Å². The molecular formula is C12H16BrNO. The summed E-state index contributed by atoms with van der Waals surface area (Å²) in [6, 6.07) is 8.80. The maximum absolute atomic E-state index is 5.33. The van der Waals surface area contributed by atoms with E-state index in [9.17, 15) is 0 Å². The van der Waals surface area contributed by atoms with Crippen LogP contribution in [-0.2, 0) is 16.6 Å². The van der Waals surface area contributed by atoms with Gasteiger partial charge in [0.05, 0.1) is 13.2 Å². The van der Waals surface area contributed by atoms with Crippen LogP contribution in [0.4, 0.5) is 0 Å². The van der Waals surface area contributed by atoms with Crippen LogP contribution in [0.3, 0.4) is 0 Å². The Morgan fingerprint density at radius 1 is 1.07 bits per heavy atom. The van der Waals surface area contributed by atoms with Gasteiger partial charge in [0.15, 0.2) is 0 Å². The third-order valence-corrected chi connectivity index (χ3v) is 3.33. The number of morpholine rings is 1. The van der Waals surface area contributed by atoms with Crippen LogP contribution in [0, 0.1) is 0 Å². The van der Waals surface area contributed by atoms with E-state index in [0.717, 1.165) is 38.2 Å². The average molecular weight is 270 g/mol. The predicted octanol–water partition coefficient (Wildman–Crippen LogP) is 2.41. The number of hydrogen-bond donors (Lipinski definition) is 0. The van der Waals surface area contributed by atoms with Crippen LogP contribution >= 0.6 is 15.9 Å². The number of rotatable bonds is 3. The van der Waals surface area contributed by atoms with E-state index in [1.54, 1.807) is 0 Å². The molecule has 0 radical (unpaired) electrons. The first-order valence-electron chi connectivity index (χ1n) is 5.32. The Hall–Kier alpha value is -0.380. The van der Waals surface area contributed by atoms with Crippen molar-refractivity contribution in [3.8, 4) is 0 Å². The van der Waals surface area contributed by atoms with Crippen LogP contribution in [0.15, 0.2) is 24.3 Å². The Bertz CT molecular complexity index is 293. The van der Waals surface area contributed by atoms with Gasteiger partial charge < -0.3 is 4.74 Å². The van der Waals surface area contributed by atoms with Gasteiger partial charge in [0.1, 0.15) is 0 Å². The minimum atomic E-state index is 0.874. The van der Waals surface area contributed by atoms with E-state index in [2.05, 4.69) is 45.1 Å². The molecule has 1 aliphatic rings. The Morgan fingerprint density at radius 3 is 2.27 bits per heavy atom. The minimum Gasteiger partial charge on any atom is -0.379 e. The molecule has 0 N–H and O–H groups in total. The average Bonchev–Trinajstić information content (AvgIpc) is 2.31. The highest BCUT2D eigenvalue weighted by atomic mass is 79.9. The number of benzene rings is 1. The summed E-state index contributed by atoms with van der Waals surface area (Å²) in [6.07, 6.45) is 0. The van der Waals surface area contributed by atoms with Crippen molar-refractivity contribution in [2.45, 2.75) is 11.9 Å². The number of ether oxygens (including phenoxy) is 1. The molecule has 0 aromatic heterocycles. The fourth-order valence-electron chi connectivity index (χ4n) is 1.75. The molecule has 15 heavy (non-hydrogen) atoms. The molecule has 82 valence electrons. The maximum Gasteiger partial charge on any atom is 0.0594 e. The van der Waals surface area contributed by atoms with Gasteiger partial charge in [0.2, 0.25) is 0 Å². The van der Waals surface area contributed by atoms with Crippen molar-refractivity contribution in [2.24, 2.45) is 0 Å². The van der Waals surface area contributed by atoms with Crippen molar-refractivity contribution >= 4 is 15.9 Å². The molecule has 0 unspecified atom stereocenters. The molecule has 0 saturated carbocycles. The lowest BCUT2D eigenvalue weighted by molar-refractivity contribution is 0.0342. The van der Waals surface area contributed by atoms with E-state index in [1.807, 2.05) is 0 Å². The molecule has 0 aliphatic carbocycles. The zero-order chi connectivity index (χ0) is 10.5. The summed E-state index contributed by atoms with van der Waals surface area (Å²) in [5, 5.41) is 0.935. The van der Waals surface area contributed by atoms with Gasteiger partial charge in [0.25, 0.3) is 0 Å². The highest BCUT2D eigenvalue weighted by Gasteiger charge is 2.10. The summed E-state index contributed by atoms with van der Waals surface area (Å²) >= 11 is 3.45. The molecule has 1 fully saturated rings. The van der Waals surface area contributed by atoms with Crippen LogP contribution in [0.25, 0.3) is 0 Å². The fourth-order valence-corrected chi connectivity index (χ4v) is 2.13. The van der Waals surface area contributed by atoms with Gasteiger partial charge in [-0.1, -0.05) is 40.2 Å². The molecule has 1 aliphatic heterocycles. The fraction of sp³-hybridized carbons (Fsp3) is 0.500. The lowest BCUT2D eigenvalue weighted by Crippen LogP contribution is -2.35. The summed E-state index contributed by atoms with van der Waals surface area (Å²) in [6.45, 7) is 4.91. The van der Waals surface area contributed by atoms with E-state index in [-0.39, 0.29) is 0 Å². The topological polar surface area (TPSA) is 12.5 Å². The first kappa shape index (κ1) is 11.1. The monoisotopic (exact) mass is 269 g/mol. The molecule has 1 heterocycles. The van der Waals surface area contributed by atoms with Crippen molar-refractivity contribution in [1.82, 2.24) is 4.90 Å². The molecule has 1 aromatic carbocycles. The Kier molecular flexibility index (Phi) is 4.18. The quantitative estimate of drug-likeness (QED) is 0.782. The predicted molar refractivity (Wildman–Crippen MR) is 65.2 cm³/mol. The Morgan fingerprint density at radius 2 is 1.67 bits per heavy atom. The standard InChI is InChI=1S/C12H16BrNO/c13-9-11-1-3-12(4-2-11)10-14-5-7-15-8-6-14/h1-4H,5-10H2.